The molecule has 0 saturated heterocycles. The van der Waals surface area contributed by atoms with Gasteiger partial charge >= 0.3 is 6.09 Å². The molecule has 1 N–H and O–H groups in total. The van der Waals surface area contributed by atoms with Gasteiger partial charge in [-0.1, -0.05) is 54.6 Å². The average molecular weight is 430 g/mol. The maximum Gasteiger partial charge on any atom is 0.411 e. The van der Waals surface area contributed by atoms with Crippen LogP contribution in [0.15, 0.2) is 66.7 Å². The first-order chi connectivity index (χ1) is 15.2. The van der Waals surface area contributed by atoms with Crippen molar-refractivity contribution < 1.29 is 19.1 Å². The molecule has 0 saturated carbocycles. The number of nitrogens with zero attached hydrogens (tertiary/aromatic N) is 1. The van der Waals surface area contributed by atoms with E-state index in [1.807, 2.05) is 48.5 Å². The number of aromatic nitrogens is 1. The van der Waals surface area contributed by atoms with Crippen molar-refractivity contribution in [2.75, 3.05) is 18.5 Å². The molecule has 0 aliphatic heterocycles. The lowest BCUT2D eigenvalue weighted by Gasteiger charge is -2.18. The molecule has 1 amide bonds. The zero-order chi connectivity index (χ0) is 21.2. The monoisotopic (exact) mass is 430 g/mol. The molecule has 154 valence electrons. The molecule has 1 aromatic heterocycles. The molecule has 5 rings (SSSR count). The minimum absolute atomic E-state index is 0.108. The van der Waals surface area contributed by atoms with Gasteiger partial charge in [0, 0.05) is 16.5 Å². The van der Waals surface area contributed by atoms with Crippen LogP contribution in [-0.2, 0) is 16.1 Å². The smallest absolute Gasteiger partial charge is 0.411 e. The Morgan fingerprint density at radius 3 is 2.61 bits per heavy atom. The summed E-state index contributed by atoms with van der Waals surface area (Å²) in [5, 5.41) is 3.58. The van der Waals surface area contributed by atoms with Gasteiger partial charge in [0.2, 0.25) is 0 Å². The number of amides is 1. The fraction of sp³-hybridized carbons (Fsp3) is 0.125. The Labute approximate surface area is 182 Å². The normalized spacial score (nSPS) is 11.9. The molecule has 0 unspecified atom stereocenters. The zero-order valence-electron chi connectivity index (χ0n) is 16.5. The Bertz CT molecular complexity index is 1280. The van der Waals surface area contributed by atoms with Crippen LogP contribution in [0.4, 0.5) is 10.5 Å². The summed E-state index contributed by atoms with van der Waals surface area (Å²) >= 11 is 1.36. The summed E-state index contributed by atoms with van der Waals surface area (Å²) in [4.78, 5) is 25.5. The highest BCUT2D eigenvalue weighted by atomic mass is 32.1. The molecular weight excluding hydrogens is 412 g/mol. The van der Waals surface area contributed by atoms with E-state index in [0.29, 0.717) is 23.4 Å². The van der Waals surface area contributed by atoms with Crippen molar-refractivity contribution in [1.29, 1.82) is 0 Å². The molecule has 31 heavy (non-hydrogen) atoms. The van der Waals surface area contributed by atoms with Crippen LogP contribution < -0.4 is 5.32 Å². The van der Waals surface area contributed by atoms with Crippen molar-refractivity contribution in [2.24, 2.45) is 0 Å². The summed E-state index contributed by atoms with van der Waals surface area (Å²) < 4.78 is 16.3. The largest absolute Gasteiger partial charge is 0.447 e. The van der Waals surface area contributed by atoms with Crippen LogP contribution >= 0.6 is 11.5 Å². The second kappa shape index (κ2) is 8.29. The van der Waals surface area contributed by atoms with E-state index in [0.717, 1.165) is 26.9 Å². The van der Waals surface area contributed by atoms with Gasteiger partial charge in [-0.2, -0.15) is 4.37 Å². The van der Waals surface area contributed by atoms with Gasteiger partial charge in [-0.3, -0.25) is 10.1 Å². The number of carbonyl (C=O) groups is 2. The van der Waals surface area contributed by atoms with Crippen molar-refractivity contribution in [3.05, 3.63) is 83.4 Å². The third-order valence-electron chi connectivity index (χ3n) is 5.10. The lowest BCUT2D eigenvalue weighted by Crippen LogP contribution is -2.20. The first-order valence-corrected chi connectivity index (χ1v) is 10.6. The van der Waals surface area contributed by atoms with E-state index in [1.165, 1.54) is 11.5 Å². The van der Waals surface area contributed by atoms with E-state index in [2.05, 4.69) is 9.69 Å². The van der Waals surface area contributed by atoms with E-state index in [-0.39, 0.29) is 19.0 Å². The molecule has 0 atom stereocenters. The summed E-state index contributed by atoms with van der Waals surface area (Å²) in [5.41, 5.74) is 4.00. The molecule has 0 spiro atoms. The van der Waals surface area contributed by atoms with Crippen LogP contribution in [0.2, 0.25) is 0 Å². The number of nitrogens with one attached hydrogen (secondary N) is 1. The molecule has 7 heteroatoms. The van der Waals surface area contributed by atoms with Crippen molar-refractivity contribution in [3.63, 3.8) is 0 Å². The number of ketones is 1. The lowest BCUT2D eigenvalue weighted by atomic mass is 9.86. The van der Waals surface area contributed by atoms with Gasteiger partial charge in [0.1, 0.15) is 6.61 Å². The third kappa shape index (κ3) is 3.69. The predicted molar refractivity (Wildman–Crippen MR) is 120 cm³/mol. The van der Waals surface area contributed by atoms with Gasteiger partial charge in [-0.15, -0.1) is 0 Å². The van der Waals surface area contributed by atoms with Crippen LogP contribution in [0.3, 0.4) is 0 Å². The highest BCUT2D eigenvalue weighted by molar-refractivity contribution is 7.13. The second-order valence-corrected chi connectivity index (χ2v) is 7.87. The fourth-order valence-corrected chi connectivity index (χ4v) is 4.52. The molecule has 1 aliphatic rings. The number of rotatable bonds is 6. The van der Waals surface area contributed by atoms with E-state index < -0.39 is 6.09 Å². The number of anilines is 1. The fourth-order valence-electron chi connectivity index (χ4n) is 3.70. The zero-order valence-corrected chi connectivity index (χ0v) is 17.3. The van der Waals surface area contributed by atoms with E-state index in [9.17, 15) is 9.59 Å². The molecule has 4 aromatic rings. The van der Waals surface area contributed by atoms with Gasteiger partial charge in [-0.05, 0) is 29.2 Å². The van der Waals surface area contributed by atoms with Gasteiger partial charge < -0.3 is 9.47 Å². The third-order valence-corrected chi connectivity index (χ3v) is 5.91. The van der Waals surface area contributed by atoms with Crippen LogP contribution in [0.1, 0.15) is 21.5 Å². The summed E-state index contributed by atoms with van der Waals surface area (Å²) in [5.74, 6) is -0.129. The molecule has 0 radical (unpaired) electrons. The van der Waals surface area contributed by atoms with Crippen LogP contribution in [0.5, 0.6) is 0 Å². The number of hydrogen-bond acceptors (Lipinski definition) is 6. The summed E-state index contributed by atoms with van der Waals surface area (Å²) in [6.07, 6.45) is -0.633. The molecule has 1 aliphatic carbocycles. The van der Waals surface area contributed by atoms with Crippen LogP contribution in [0.25, 0.3) is 21.3 Å². The van der Waals surface area contributed by atoms with Gasteiger partial charge in [0.15, 0.2) is 5.78 Å². The maximum atomic E-state index is 13.2. The first kappa shape index (κ1) is 19.4. The molecule has 0 fully saturated rings. The summed E-state index contributed by atoms with van der Waals surface area (Å²) in [7, 11) is 0. The minimum Gasteiger partial charge on any atom is -0.447 e. The number of ether oxygens (including phenoxy) is 2. The number of fused-ring (bicyclic) bond motifs is 2. The van der Waals surface area contributed by atoms with Crippen molar-refractivity contribution in [1.82, 2.24) is 4.37 Å². The van der Waals surface area contributed by atoms with E-state index in [4.69, 9.17) is 9.47 Å². The average Bonchev–Trinajstić information content (AvgIpc) is 3.23. The first-order valence-electron chi connectivity index (χ1n) is 9.84. The Balaban J connectivity index is 1.26. The lowest BCUT2D eigenvalue weighted by molar-refractivity contribution is 0.0696. The SMILES string of the molecule is O=C(Nc1cccc2c1C(=O)c1cccc3snc-2c13)OCCOCc1ccccc1. The van der Waals surface area contributed by atoms with Gasteiger partial charge in [0.05, 0.1) is 34.9 Å². The Morgan fingerprint density at radius 1 is 0.935 bits per heavy atom. The van der Waals surface area contributed by atoms with Crippen LogP contribution in [0, 0.1) is 0 Å². The summed E-state index contributed by atoms with van der Waals surface area (Å²) in [6, 6.07) is 20.7. The molecule has 1 heterocycles. The maximum absolute atomic E-state index is 13.2. The van der Waals surface area contributed by atoms with Crippen molar-refractivity contribution >= 4 is 39.2 Å². The molecule has 6 nitrogen and oxygen atoms in total. The second-order valence-electron chi connectivity index (χ2n) is 7.07. The van der Waals surface area contributed by atoms with E-state index >= 15 is 0 Å². The van der Waals surface area contributed by atoms with Crippen molar-refractivity contribution in [3.8, 4) is 11.3 Å². The number of carbonyl (C=O) groups excluding carboxylic acids is 2. The Morgan fingerprint density at radius 2 is 1.74 bits per heavy atom. The highest BCUT2D eigenvalue weighted by Gasteiger charge is 2.30. The molecule has 3 aromatic carbocycles. The molecular formula is C24H18N2O4S. The van der Waals surface area contributed by atoms with Crippen molar-refractivity contribution in [2.45, 2.75) is 6.61 Å². The Hall–Kier alpha value is -3.55. The minimum atomic E-state index is -0.633. The summed E-state index contributed by atoms with van der Waals surface area (Å²) in [6.45, 7) is 0.837. The van der Waals surface area contributed by atoms with Gasteiger partial charge in [0.25, 0.3) is 0 Å². The molecule has 0 bridgehead atoms. The number of benzene rings is 3. The van der Waals surface area contributed by atoms with Gasteiger partial charge in [-0.25, -0.2) is 4.79 Å². The topological polar surface area (TPSA) is 77.5 Å². The highest BCUT2D eigenvalue weighted by Crippen LogP contribution is 2.42. The predicted octanol–water partition coefficient (Wildman–Crippen LogP) is 5.27. The van der Waals surface area contributed by atoms with E-state index in [1.54, 1.807) is 18.2 Å². The Kier molecular flexibility index (Phi) is 5.19. The quantitative estimate of drug-likeness (QED) is 0.371. The standard InChI is InChI=1S/C24H18N2O4S/c27-23-17-9-5-11-19-21(17)22(26-31-19)16-8-4-10-18(20(16)23)25-24(28)30-13-12-29-14-15-6-2-1-3-7-15/h1-11H,12-14H2,(H,25,28). The van der Waals surface area contributed by atoms with Crippen LogP contribution in [-0.4, -0.2) is 29.5 Å². The number of hydrogen-bond donors (Lipinski definition) is 1.